The van der Waals surface area contributed by atoms with E-state index in [1.54, 1.807) is 6.92 Å². The number of ether oxygens (including phenoxy) is 1. The molecule has 0 unspecified atom stereocenters. The second-order valence-electron chi connectivity index (χ2n) is 6.85. The standard InChI is InChI=1S/C19H23N3O5S/c1-9-12(10(2)27-22-9)7-8-15(23)26-11(3)18(25)21-19-16(17(20)24)13-5-4-6-14(13)28-19/h11H,4-8H2,1-3H3,(H2,20,24)(H,21,25)/t11-/m1/s1. The minimum Gasteiger partial charge on any atom is -0.453 e. The maximum atomic E-state index is 12.4. The Balaban J connectivity index is 1.58. The number of carbonyl (C=O) groups excluding carboxylic acids is 3. The molecule has 8 nitrogen and oxygen atoms in total. The number of fused-ring (bicyclic) bond motifs is 1. The minimum atomic E-state index is -0.991. The zero-order valence-corrected chi connectivity index (χ0v) is 16.9. The summed E-state index contributed by atoms with van der Waals surface area (Å²) in [7, 11) is 0. The Morgan fingerprint density at radius 3 is 2.71 bits per heavy atom. The van der Waals surface area contributed by atoms with Crippen LogP contribution in [0.5, 0.6) is 0 Å². The summed E-state index contributed by atoms with van der Waals surface area (Å²) in [6.07, 6.45) is 2.19. The summed E-state index contributed by atoms with van der Waals surface area (Å²) in [5, 5.41) is 6.97. The monoisotopic (exact) mass is 405 g/mol. The number of nitrogens with zero attached hydrogens (tertiary/aromatic N) is 1. The Morgan fingerprint density at radius 1 is 1.32 bits per heavy atom. The van der Waals surface area contributed by atoms with Crippen molar-refractivity contribution in [3.8, 4) is 0 Å². The molecule has 0 saturated heterocycles. The molecule has 2 heterocycles. The largest absolute Gasteiger partial charge is 0.453 e. The fourth-order valence-corrected chi connectivity index (χ4v) is 4.66. The van der Waals surface area contributed by atoms with E-state index in [9.17, 15) is 14.4 Å². The molecule has 0 spiro atoms. The van der Waals surface area contributed by atoms with E-state index in [4.69, 9.17) is 15.0 Å². The molecule has 0 saturated carbocycles. The number of amides is 2. The van der Waals surface area contributed by atoms with Crippen molar-refractivity contribution in [2.24, 2.45) is 5.73 Å². The molecule has 28 heavy (non-hydrogen) atoms. The lowest BCUT2D eigenvalue weighted by atomic mass is 10.1. The molecule has 9 heteroatoms. The first-order chi connectivity index (χ1) is 13.3. The summed E-state index contributed by atoms with van der Waals surface area (Å²) in [5.41, 5.74) is 8.40. The summed E-state index contributed by atoms with van der Waals surface area (Å²) in [6, 6.07) is 0. The summed E-state index contributed by atoms with van der Waals surface area (Å²) in [5.74, 6) is -0.876. The van der Waals surface area contributed by atoms with E-state index in [0.717, 1.165) is 41.0 Å². The molecule has 0 fully saturated rings. The highest BCUT2D eigenvalue weighted by atomic mass is 32.1. The van der Waals surface area contributed by atoms with Crippen molar-refractivity contribution in [1.29, 1.82) is 0 Å². The van der Waals surface area contributed by atoms with E-state index in [1.807, 2.05) is 6.92 Å². The molecule has 3 rings (SSSR count). The maximum absolute atomic E-state index is 12.4. The van der Waals surface area contributed by atoms with Crippen LogP contribution >= 0.6 is 11.3 Å². The number of rotatable bonds is 7. The summed E-state index contributed by atoms with van der Waals surface area (Å²) < 4.78 is 10.3. The van der Waals surface area contributed by atoms with Crippen LogP contribution in [0.3, 0.4) is 0 Å². The van der Waals surface area contributed by atoms with E-state index in [1.165, 1.54) is 18.3 Å². The number of nitrogens with two attached hydrogens (primary N) is 1. The van der Waals surface area contributed by atoms with Crippen LogP contribution in [0.25, 0.3) is 0 Å². The number of nitrogens with one attached hydrogen (secondary N) is 1. The first-order valence-electron chi connectivity index (χ1n) is 9.14. The molecule has 3 N–H and O–H groups in total. The normalized spacial score (nSPS) is 13.8. The number of hydrogen-bond acceptors (Lipinski definition) is 7. The van der Waals surface area contributed by atoms with Gasteiger partial charge in [0.1, 0.15) is 10.8 Å². The van der Waals surface area contributed by atoms with Crippen molar-refractivity contribution in [1.82, 2.24) is 5.16 Å². The number of carbonyl (C=O) groups is 3. The highest BCUT2D eigenvalue weighted by Crippen LogP contribution is 2.38. The molecular formula is C19H23N3O5S. The number of primary amides is 1. The minimum absolute atomic E-state index is 0.111. The van der Waals surface area contributed by atoms with Gasteiger partial charge in [-0.05, 0) is 52.0 Å². The smallest absolute Gasteiger partial charge is 0.306 e. The number of aromatic nitrogens is 1. The second-order valence-corrected chi connectivity index (χ2v) is 7.95. The Kier molecular flexibility index (Phi) is 5.83. The van der Waals surface area contributed by atoms with Crippen LogP contribution in [0.2, 0.25) is 0 Å². The number of thiophene rings is 1. The van der Waals surface area contributed by atoms with Crippen LogP contribution in [-0.4, -0.2) is 29.0 Å². The van der Waals surface area contributed by atoms with Gasteiger partial charge in [-0.3, -0.25) is 14.4 Å². The van der Waals surface area contributed by atoms with Crippen molar-refractivity contribution >= 4 is 34.1 Å². The fourth-order valence-electron chi connectivity index (χ4n) is 3.36. The van der Waals surface area contributed by atoms with Gasteiger partial charge in [0, 0.05) is 16.9 Å². The molecule has 0 radical (unpaired) electrons. The molecule has 2 amide bonds. The molecule has 2 aromatic rings. The zero-order valence-electron chi connectivity index (χ0n) is 16.1. The third kappa shape index (κ3) is 4.09. The van der Waals surface area contributed by atoms with E-state index < -0.39 is 23.9 Å². The van der Waals surface area contributed by atoms with Gasteiger partial charge in [-0.15, -0.1) is 11.3 Å². The van der Waals surface area contributed by atoms with Gasteiger partial charge in [-0.1, -0.05) is 5.16 Å². The second kappa shape index (κ2) is 8.14. The molecule has 1 aliphatic rings. The Hall–Kier alpha value is -2.68. The van der Waals surface area contributed by atoms with E-state index in [2.05, 4.69) is 10.5 Å². The van der Waals surface area contributed by atoms with Gasteiger partial charge in [-0.2, -0.15) is 0 Å². The van der Waals surface area contributed by atoms with Gasteiger partial charge in [0.2, 0.25) is 0 Å². The third-order valence-corrected chi connectivity index (χ3v) is 6.05. The average Bonchev–Trinajstić information content (AvgIpc) is 3.28. The van der Waals surface area contributed by atoms with Crippen molar-refractivity contribution in [3.63, 3.8) is 0 Å². The molecule has 0 aliphatic heterocycles. The number of anilines is 1. The van der Waals surface area contributed by atoms with Crippen LogP contribution in [0.15, 0.2) is 4.52 Å². The predicted molar refractivity (Wildman–Crippen MR) is 103 cm³/mol. The molecular weight excluding hydrogens is 382 g/mol. The molecule has 150 valence electrons. The summed E-state index contributed by atoms with van der Waals surface area (Å²) in [4.78, 5) is 37.4. The Bertz CT molecular complexity index is 911. The predicted octanol–water partition coefficient (Wildman–Crippen LogP) is 2.44. The van der Waals surface area contributed by atoms with Crippen molar-refractivity contribution < 1.29 is 23.6 Å². The molecule has 0 bridgehead atoms. The van der Waals surface area contributed by atoms with Crippen LogP contribution in [0.4, 0.5) is 5.00 Å². The quantitative estimate of drug-likeness (QED) is 0.682. The molecule has 2 aromatic heterocycles. The van der Waals surface area contributed by atoms with Crippen LogP contribution in [-0.2, 0) is 33.6 Å². The third-order valence-electron chi connectivity index (χ3n) is 4.84. The number of esters is 1. The van der Waals surface area contributed by atoms with Crippen molar-refractivity contribution in [2.75, 3.05) is 5.32 Å². The van der Waals surface area contributed by atoms with Crippen LogP contribution < -0.4 is 11.1 Å². The average molecular weight is 405 g/mol. The van der Waals surface area contributed by atoms with Gasteiger partial charge in [0.15, 0.2) is 6.10 Å². The van der Waals surface area contributed by atoms with Gasteiger partial charge in [0.25, 0.3) is 11.8 Å². The van der Waals surface area contributed by atoms with E-state index in [0.29, 0.717) is 22.7 Å². The first-order valence-corrected chi connectivity index (χ1v) is 9.96. The Labute approximate surface area is 166 Å². The van der Waals surface area contributed by atoms with Gasteiger partial charge >= 0.3 is 5.97 Å². The lowest BCUT2D eigenvalue weighted by Gasteiger charge is -2.13. The lowest BCUT2D eigenvalue weighted by Crippen LogP contribution is -2.30. The number of aryl methyl sites for hydroxylation is 3. The zero-order chi connectivity index (χ0) is 20.4. The summed E-state index contributed by atoms with van der Waals surface area (Å²) >= 11 is 1.36. The highest BCUT2D eigenvalue weighted by Gasteiger charge is 2.28. The van der Waals surface area contributed by atoms with Crippen molar-refractivity contribution in [2.45, 2.75) is 59.0 Å². The highest BCUT2D eigenvalue weighted by molar-refractivity contribution is 7.17. The topological polar surface area (TPSA) is 125 Å². The molecule has 1 atom stereocenters. The van der Waals surface area contributed by atoms with Crippen molar-refractivity contribution in [3.05, 3.63) is 33.0 Å². The van der Waals surface area contributed by atoms with E-state index >= 15 is 0 Å². The maximum Gasteiger partial charge on any atom is 0.306 e. The van der Waals surface area contributed by atoms with Gasteiger partial charge < -0.3 is 20.3 Å². The SMILES string of the molecule is Cc1noc(C)c1CCC(=O)O[C@H](C)C(=O)Nc1sc2c(c1C(N)=O)CCC2. The Morgan fingerprint density at radius 2 is 2.07 bits per heavy atom. The first kappa shape index (κ1) is 20.1. The van der Waals surface area contributed by atoms with Gasteiger partial charge in [-0.25, -0.2) is 0 Å². The summed E-state index contributed by atoms with van der Waals surface area (Å²) in [6.45, 7) is 5.09. The number of hydrogen-bond donors (Lipinski definition) is 2. The van der Waals surface area contributed by atoms with E-state index in [-0.39, 0.29) is 6.42 Å². The van der Waals surface area contributed by atoms with Crippen LogP contribution in [0.1, 0.15) is 57.6 Å². The van der Waals surface area contributed by atoms with Gasteiger partial charge in [0.05, 0.1) is 11.3 Å². The molecule has 0 aromatic carbocycles. The lowest BCUT2D eigenvalue weighted by molar-refractivity contribution is -0.153. The van der Waals surface area contributed by atoms with Crippen LogP contribution in [0, 0.1) is 13.8 Å². The fraction of sp³-hybridized carbons (Fsp3) is 0.474. The molecule has 1 aliphatic carbocycles.